The second-order valence-electron chi connectivity index (χ2n) is 2.54. The second-order valence-corrected chi connectivity index (χ2v) is 3.97. The molecule has 0 aromatic rings. The molecular weight excluding hydrogens is 174 g/mol. The van der Waals surface area contributed by atoms with Gasteiger partial charge < -0.3 is 5.11 Å². The number of hydrogen-bond donors (Lipinski definition) is 1. The van der Waals surface area contributed by atoms with Crippen molar-refractivity contribution in [3.63, 3.8) is 0 Å². The summed E-state index contributed by atoms with van der Waals surface area (Å²) in [6.07, 6.45) is 0.431. The Morgan fingerprint density at radius 1 is 1.70 bits per heavy atom. The molecule has 5 heteroatoms. The van der Waals surface area contributed by atoms with Crippen molar-refractivity contribution < 1.29 is 14.2 Å². The Labute approximate surface area is 66.0 Å². The van der Waals surface area contributed by atoms with E-state index < -0.39 is 13.0 Å². The third-order valence-electron chi connectivity index (χ3n) is 1.03. The molecule has 1 N–H and O–H groups in total. The number of aliphatic hydroxyl groups excluding tert-OH is 1. The van der Waals surface area contributed by atoms with Crippen LogP contribution in [-0.2, 0) is 9.09 Å². The fourth-order valence-corrected chi connectivity index (χ4v) is 1.55. The van der Waals surface area contributed by atoms with Crippen LogP contribution in [0.25, 0.3) is 0 Å². The summed E-state index contributed by atoms with van der Waals surface area (Å²) in [6.45, 7) is 3.45. The fraction of sp³-hybridized carbons (Fsp3) is 1.00. The minimum absolute atomic E-state index is 0.00701. The van der Waals surface area contributed by atoms with Gasteiger partial charge in [0.25, 0.3) is 0 Å². The molecule has 0 spiro atoms. The lowest BCUT2D eigenvalue weighted by molar-refractivity contribution is 0.0889. The smallest absolute Gasteiger partial charge is 0.396 e. The minimum Gasteiger partial charge on any atom is -0.396 e. The van der Waals surface area contributed by atoms with Crippen LogP contribution in [-0.4, -0.2) is 17.3 Å². The van der Waals surface area contributed by atoms with Crippen molar-refractivity contribution in [2.75, 3.05) is 6.61 Å². The highest BCUT2D eigenvalue weighted by Gasteiger charge is 2.29. The van der Waals surface area contributed by atoms with Crippen LogP contribution in [0.15, 0.2) is 0 Å². The quantitative estimate of drug-likeness (QED) is 0.682. The number of hydrogen-bond acceptors (Lipinski definition) is 3. The molecule has 1 atom stereocenters. The normalized spacial score (nSPS) is 13.4. The van der Waals surface area contributed by atoms with Crippen molar-refractivity contribution >= 4 is 18.6 Å². The first-order valence-corrected chi connectivity index (χ1v) is 4.99. The summed E-state index contributed by atoms with van der Waals surface area (Å²) in [4.78, 5) is 0. The van der Waals surface area contributed by atoms with Crippen LogP contribution in [0.2, 0.25) is 0 Å². The first-order chi connectivity index (χ1) is 4.48. The summed E-state index contributed by atoms with van der Waals surface area (Å²) >= 11 is 5.10. The third kappa shape index (κ3) is 5.12. The molecule has 0 aromatic carbocycles. The highest BCUT2D eigenvalue weighted by molar-refractivity contribution is 7.69. The molecule has 0 heterocycles. The monoisotopic (exact) mass is 185 g/mol. The van der Waals surface area contributed by atoms with Gasteiger partial charge in [-0.05, 0) is 18.4 Å². The molecule has 0 aromatic heterocycles. The predicted molar refractivity (Wildman–Crippen MR) is 40.3 cm³/mol. The Morgan fingerprint density at radius 3 is 2.50 bits per heavy atom. The highest BCUT2D eigenvalue weighted by Crippen LogP contribution is 2.35. The molecule has 0 aliphatic heterocycles. The first kappa shape index (κ1) is 10.3. The average Bonchev–Trinajstić information content (AvgIpc) is 1.59. The Kier molecular flexibility index (Phi) is 4.37. The molecule has 0 amide bonds. The maximum Gasteiger partial charge on any atom is 0.634 e. The molecule has 10 heavy (non-hydrogen) atoms. The Hall–Kier alpha value is 0.310. The van der Waals surface area contributed by atoms with Crippen LogP contribution in [0, 0.1) is 0 Å². The SMILES string of the molecule is CC(C)(CCO)O[P+](=O)Cl. The van der Waals surface area contributed by atoms with Gasteiger partial charge in [0, 0.05) is 13.0 Å². The van der Waals surface area contributed by atoms with E-state index >= 15 is 0 Å². The molecule has 0 bridgehead atoms. The molecule has 0 saturated heterocycles. The highest BCUT2D eigenvalue weighted by atomic mass is 35.7. The van der Waals surface area contributed by atoms with Gasteiger partial charge in [0.1, 0.15) is 5.60 Å². The molecule has 0 aliphatic rings. The van der Waals surface area contributed by atoms with Gasteiger partial charge in [-0.1, -0.05) is 0 Å². The van der Waals surface area contributed by atoms with Crippen molar-refractivity contribution in [3.8, 4) is 0 Å². The summed E-state index contributed by atoms with van der Waals surface area (Å²) in [5.41, 5.74) is -0.593. The maximum atomic E-state index is 10.3. The van der Waals surface area contributed by atoms with Crippen molar-refractivity contribution in [1.82, 2.24) is 0 Å². The number of aliphatic hydroxyl groups is 1. The zero-order valence-corrected chi connectivity index (χ0v) is 7.65. The number of halogens is 1. The molecule has 0 radical (unpaired) electrons. The van der Waals surface area contributed by atoms with E-state index in [9.17, 15) is 4.57 Å². The van der Waals surface area contributed by atoms with Gasteiger partial charge in [-0.2, -0.15) is 0 Å². The van der Waals surface area contributed by atoms with Gasteiger partial charge in [-0.25, -0.2) is 0 Å². The van der Waals surface area contributed by atoms with Gasteiger partial charge in [0.15, 0.2) is 0 Å². The van der Waals surface area contributed by atoms with E-state index in [0.717, 1.165) is 0 Å². The lowest BCUT2D eigenvalue weighted by Crippen LogP contribution is -2.21. The van der Waals surface area contributed by atoms with Gasteiger partial charge in [0.05, 0.1) is 0 Å². The van der Waals surface area contributed by atoms with Crippen LogP contribution >= 0.6 is 18.6 Å². The Bertz CT molecular complexity index is 126. The lowest BCUT2D eigenvalue weighted by atomic mass is 10.1. The van der Waals surface area contributed by atoms with E-state index in [-0.39, 0.29) is 6.61 Å². The van der Waals surface area contributed by atoms with Crippen molar-refractivity contribution in [3.05, 3.63) is 0 Å². The summed E-state index contributed by atoms with van der Waals surface area (Å²) in [6, 6.07) is 0. The van der Waals surface area contributed by atoms with Crippen LogP contribution in [0.3, 0.4) is 0 Å². The van der Waals surface area contributed by atoms with Crippen molar-refractivity contribution in [2.45, 2.75) is 25.9 Å². The van der Waals surface area contributed by atoms with Crippen LogP contribution in [0.1, 0.15) is 20.3 Å². The van der Waals surface area contributed by atoms with E-state index in [0.29, 0.717) is 6.42 Å². The molecule has 3 nitrogen and oxygen atoms in total. The van der Waals surface area contributed by atoms with E-state index in [1.54, 1.807) is 13.8 Å². The fourth-order valence-electron chi connectivity index (χ4n) is 0.509. The molecule has 0 saturated carbocycles. The molecular formula is C5H11ClO3P+. The summed E-state index contributed by atoms with van der Waals surface area (Å²) in [7, 11) is -2.09. The zero-order valence-electron chi connectivity index (χ0n) is 6.00. The molecule has 1 unspecified atom stereocenters. The van der Waals surface area contributed by atoms with Crippen molar-refractivity contribution in [1.29, 1.82) is 0 Å². The maximum absolute atomic E-state index is 10.3. The lowest BCUT2D eigenvalue weighted by Gasteiger charge is -2.13. The van der Waals surface area contributed by atoms with E-state index in [1.807, 2.05) is 0 Å². The van der Waals surface area contributed by atoms with Crippen LogP contribution < -0.4 is 0 Å². The molecule has 0 aliphatic carbocycles. The standard InChI is InChI=1S/C5H11ClO3P/c1-5(2,3-4-7)9-10(6)8/h7H,3-4H2,1-2H3/q+1. The molecule has 60 valence electrons. The second kappa shape index (κ2) is 4.24. The van der Waals surface area contributed by atoms with Gasteiger partial charge in [0.2, 0.25) is 11.2 Å². The Morgan fingerprint density at radius 2 is 2.20 bits per heavy atom. The summed E-state index contributed by atoms with van der Waals surface area (Å²) in [5.74, 6) is 0. The van der Waals surface area contributed by atoms with E-state index in [2.05, 4.69) is 0 Å². The van der Waals surface area contributed by atoms with Crippen LogP contribution in [0.4, 0.5) is 0 Å². The average molecular weight is 186 g/mol. The number of rotatable bonds is 4. The molecule has 0 rings (SSSR count). The summed E-state index contributed by atoms with van der Waals surface area (Å²) in [5, 5.41) is 8.50. The first-order valence-electron chi connectivity index (χ1n) is 2.91. The largest absolute Gasteiger partial charge is 0.634 e. The Balaban J connectivity index is 3.74. The van der Waals surface area contributed by atoms with E-state index in [1.165, 1.54) is 0 Å². The van der Waals surface area contributed by atoms with Crippen LogP contribution in [0.5, 0.6) is 0 Å². The van der Waals surface area contributed by atoms with E-state index in [4.69, 9.17) is 20.9 Å². The van der Waals surface area contributed by atoms with Gasteiger partial charge in [-0.15, -0.1) is 4.52 Å². The zero-order chi connectivity index (χ0) is 8.20. The van der Waals surface area contributed by atoms with Gasteiger partial charge >= 0.3 is 7.38 Å². The predicted octanol–water partition coefficient (Wildman–Crippen LogP) is 2.06. The summed E-state index contributed by atoms with van der Waals surface area (Å²) < 4.78 is 15.1. The topological polar surface area (TPSA) is 46.5 Å². The van der Waals surface area contributed by atoms with Crippen molar-refractivity contribution in [2.24, 2.45) is 0 Å². The molecule has 0 fully saturated rings. The third-order valence-corrected chi connectivity index (χ3v) is 1.88. The minimum atomic E-state index is -2.09. The van der Waals surface area contributed by atoms with Gasteiger partial charge in [-0.3, -0.25) is 0 Å².